The number of nitro benzene ring substituents is 1. The van der Waals surface area contributed by atoms with Crippen molar-refractivity contribution in [3.05, 3.63) is 68.9 Å². The van der Waals surface area contributed by atoms with Crippen molar-refractivity contribution in [1.29, 1.82) is 0 Å². The molecule has 1 aromatic heterocycles. The molecule has 0 aliphatic carbocycles. The number of thiocarbonyl (C=S) groups is 1. The van der Waals surface area contributed by atoms with E-state index in [4.69, 9.17) is 16.6 Å². The Hall–Kier alpha value is -3.11. The molecule has 0 radical (unpaired) electrons. The summed E-state index contributed by atoms with van der Waals surface area (Å²) in [6.45, 7) is 3.72. The maximum atomic E-state index is 12.5. The average Bonchev–Trinajstić information content (AvgIpc) is 3.10. The van der Waals surface area contributed by atoms with Crippen molar-refractivity contribution >= 4 is 56.8 Å². The molecule has 2 heterocycles. The molecular weight excluding hydrogens is 450 g/mol. The van der Waals surface area contributed by atoms with Gasteiger partial charge in [0.05, 0.1) is 4.92 Å². The molecule has 1 N–H and O–H groups in total. The minimum Gasteiger partial charge on any atom is -0.457 e. The Labute approximate surface area is 172 Å². The zero-order valence-corrected chi connectivity index (χ0v) is 16.6. The third-order valence-corrected chi connectivity index (χ3v) is 4.82. The zero-order valence-electron chi connectivity index (χ0n) is 14.2. The average molecular weight is 462 g/mol. The molecule has 142 valence electrons. The lowest BCUT2D eigenvalue weighted by molar-refractivity contribution is -0.384. The smallest absolute Gasteiger partial charge is 0.270 e. The number of halogens is 1. The van der Waals surface area contributed by atoms with Gasteiger partial charge in [0.15, 0.2) is 5.11 Å². The topological polar surface area (TPSA) is 106 Å². The maximum Gasteiger partial charge on any atom is 0.270 e. The molecule has 1 aliphatic heterocycles. The Bertz CT molecular complexity index is 1060. The van der Waals surface area contributed by atoms with Crippen LogP contribution in [0.25, 0.3) is 17.4 Å². The van der Waals surface area contributed by atoms with Crippen molar-refractivity contribution in [2.45, 2.75) is 0 Å². The number of amides is 2. The summed E-state index contributed by atoms with van der Waals surface area (Å²) < 4.78 is 6.17. The first-order chi connectivity index (χ1) is 13.3. The number of carbonyl (C=O) groups excluding carboxylic acids is 2. The first kappa shape index (κ1) is 19.6. The number of rotatable bonds is 5. The van der Waals surface area contributed by atoms with Crippen LogP contribution in [-0.4, -0.2) is 33.3 Å². The Balaban J connectivity index is 1.92. The number of benzene rings is 1. The first-order valence-corrected chi connectivity index (χ1v) is 9.06. The molecule has 1 aromatic carbocycles. The number of nitrogens with one attached hydrogen (secondary N) is 1. The van der Waals surface area contributed by atoms with Gasteiger partial charge in [0.1, 0.15) is 17.1 Å². The number of nitro groups is 1. The molecule has 10 heteroatoms. The lowest BCUT2D eigenvalue weighted by Gasteiger charge is -2.27. The lowest BCUT2D eigenvalue weighted by Crippen LogP contribution is -2.53. The van der Waals surface area contributed by atoms with Crippen molar-refractivity contribution < 1.29 is 18.9 Å². The number of non-ortho nitro benzene ring substituents is 1. The second-order valence-electron chi connectivity index (χ2n) is 5.64. The highest BCUT2D eigenvalue weighted by molar-refractivity contribution is 9.10. The van der Waals surface area contributed by atoms with Gasteiger partial charge in [-0.1, -0.05) is 6.08 Å². The van der Waals surface area contributed by atoms with Crippen LogP contribution in [0.2, 0.25) is 0 Å². The molecule has 8 nitrogen and oxygen atoms in total. The number of hydrogen-bond donors (Lipinski definition) is 1. The molecule has 2 aromatic rings. The fourth-order valence-corrected chi connectivity index (χ4v) is 3.34. The number of nitrogens with zero attached hydrogens (tertiary/aromatic N) is 2. The van der Waals surface area contributed by atoms with Gasteiger partial charge in [-0.3, -0.25) is 29.9 Å². The highest BCUT2D eigenvalue weighted by atomic mass is 79.9. The SMILES string of the molecule is C=CCN1C(=O)/C(=C/c2ccc(-c3ccc([N+](=O)[O-])cc3Br)o2)C(=O)NC1=S. The molecule has 1 fully saturated rings. The summed E-state index contributed by atoms with van der Waals surface area (Å²) >= 11 is 8.28. The quantitative estimate of drug-likeness (QED) is 0.182. The van der Waals surface area contributed by atoms with Crippen LogP contribution in [0.15, 0.2) is 57.4 Å². The third-order valence-electron chi connectivity index (χ3n) is 3.84. The van der Waals surface area contributed by atoms with E-state index in [0.717, 1.165) is 0 Å². The van der Waals surface area contributed by atoms with E-state index in [-0.39, 0.29) is 28.7 Å². The molecule has 2 amide bonds. The molecule has 3 rings (SSSR count). The van der Waals surface area contributed by atoms with Crippen molar-refractivity contribution in [2.75, 3.05) is 6.54 Å². The summed E-state index contributed by atoms with van der Waals surface area (Å²) in [6, 6.07) is 7.48. The van der Waals surface area contributed by atoms with E-state index < -0.39 is 16.7 Å². The Kier molecular flexibility index (Phi) is 5.52. The summed E-state index contributed by atoms with van der Waals surface area (Å²) in [5.74, 6) is -0.492. The second-order valence-corrected chi connectivity index (χ2v) is 6.89. The summed E-state index contributed by atoms with van der Waals surface area (Å²) in [4.78, 5) is 36.2. The van der Waals surface area contributed by atoms with Gasteiger partial charge in [0.2, 0.25) is 0 Å². The summed E-state index contributed by atoms with van der Waals surface area (Å²) in [6.07, 6.45) is 2.81. The highest BCUT2D eigenvalue weighted by Crippen LogP contribution is 2.33. The monoisotopic (exact) mass is 461 g/mol. The van der Waals surface area contributed by atoms with E-state index >= 15 is 0 Å². The zero-order chi connectivity index (χ0) is 20.4. The van der Waals surface area contributed by atoms with Gasteiger partial charge in [-0.2, -0.15) is 0 Å². The van der Waals surface area contributed by atoms with Crippen molar-refractivity contribution in [2.24, 2.45) is 0 Å². The second kappa shape index (κ2) is 7.87. The fraction of sp³-hybridized carbons (Fsp3) is 0.0556. The van der Waals surface area contributed by atoms with E-state index in [1.165, 1.54) is 29.2 Å². The Morgan fingerprint density at radius 3 is 2.71 bits per heavy atom. The minimum absolute atomic E-state index is 0.0157. The van der Waals surface area contributed by atoms with Gasteiger partial charge in [0, 0.05) is 28.7 Å². The highest BCUT2D eigenvalue weighted by Gasteiger charge is 2.32. The fourth-order valence-electron chi connectivity index (χ4n) is 2.52. The molecular formula is C18H12BrN3O5S. The van der Waals surface area contributed by atoms with Gasteiger partial charge in [-0.05, 0) is 52.4 Å². The van der Waals surface area contributed by atoms with Crippen LogP contribution in [0.1, 0.15) is 5.76 Å². The molecule has 0 unspecified atom stereocenters. The van der Waals surface area contributed by atoms with Crippen LogP contribution in [0.4, 0.5) is 5.69 Å². The minimum atomic E-state index is -0.621. The molecule has 0 atom stereocenters. The summed E-state index contributed by atoms with van der Waals surface area (Å²) in [7, 11) is 0. The molecule has 0 spiro atoms. The standard InChI is InChI=1S/C18H12BrN3O5S/c1-2-7-21-17(24)13(16(23)20-18(21)28)9-11-4-6-15(27-11)12-5-3-10(22(25)26)8-14(12)19/h2-6,8-9H,1,7H2,(H,20,23,28)/b13-9+. The molecule has 28 heavy (non-hydrogen) atoms. The predicted octanol–water partition coefficient (Wildman–Crippen LogP) is 3.43. The predicted molar refractivity (Wildman–Crippen MR) is 109 cm³/mol. The lowest BCUT2D eigenvalue weighted by atomic mass is 10.1. The van der Waals surface area contributed by atoms with Gasteiger partial charge >= 0.3 is 0 Å². The van der Waals surface area contributed by atoms with Crippen molar-refractivity contribution in [1.82, 2.24) is 10.2 Å². The van der Waals surface area contributed by atoms with E-state index in [9.17, 15) is 19.7 Å². The number of hydrogen-bond acceptors (Lipinski definition) is 6. The number of furan rings is 1. The van der Waals surface area contributed by atoms with Crippen LogP contribution < -0.4 is 5.32 Å². The number of carbonyl (C=O) groups is 2. The Morgan fingerprint density at radius 2 is 2.07 bits per heavy atom. The Morgan fingerprint density at radius 1 is 1.32 bits per heavy atom. The van der Waals surface area contributed by atoms with Gasteiger partial charge < -0.3 is 4.42 Å². The largest absolute Gasteiger partial charge is 0.457 e. The van der Waals surface area contributed by atoms with Crippen LogP contribution in [0, 0.1) is 10.1 Å². The van der Waals surface area contributed by atoms with E-state index in [2.05, 4.69) is 27.8 Å². The summed E-state index contributed by atoms with van der Waals surface area (Å²) in [5, 5.41) is 13.3. The van der Waals surface area contributed by atoms with Gasteiger partial charge in [-0.15, -0.1) is 6.58 Å². The van der Waals surface area contributed by atoms with E-state index in [1.54, 1.807) is 18.2 Å². The van der Waals surface area contributed by atoms with Crippen molar-refractivity contribution in [3.8, 4) is 11.3 Å². The first-order valence-electron chi connectivity index (χ1n) is 7.85. The van der Waals surface area contributed by atoms with E-state index in [1.807, 2.05) is 0 Å². The molecule has 1 aliphatic rings. The van der Waals surface area contributed by atoms with Crippen LogP contribution >= 0.6 is 28.1 Å². The van der Waals surface area contributed by atoms with E-state index in [0.29, 0.717) is 15.8 Å². The van der Waals surface area contributed by atoms with Gasteiger partial charge in [0.25, 0.3) is 17.5 Å². The molecule has 0 saturated carbocycles. The van der Waals surface area contributed by atoms with Gasteiger partial charge in [-0.25, -0.2) is 0 Å². The molecule has 0 bridgehead atoms. The summed E-state index contributed by atoms with van der Waals surface area (Å²) in [5.41, 5.74) is 0.399. The van der Waals surface area contributed by atoms with Crippen LogP contribution in [0.3, 0.4) is 0 Å². The van der Waals surface area contributed by atoms with Crippen molar-refractivity contribution in [3.63, 3.8) is 0 Å². The molecule has 1 saturated heterocycles. The normalized spacial score (nSPS) is 15.7. The maximum absolute atomic E-state index is 12.5. The third kappa shape index (κ3) is 3.78. The van der Waals surface area contributed by atoms with Crippen LogP contribution in [0.5, 0.6) is 0 Å². The van der Waals surface area contributed by atoms with Crippen LogP contribution in [-0.2, 0) is 9.59 Å².